The Morgan fingerprint density at radius 3 is 2.69 bits per heavy atom. The molecule has 0 spiro atoms. The first-order chi connectivity index (χ1) is 17.3. The first-order valence-electron chi connectivity index (χ1n) is 11.6. The van der Waals surface area contributed by atoms with Crippen molar-refractivity contribution in [3.8, 4) is 11.5 Å². The molecule has 1 atom stereocenters. The minimum absolute atomic E-state index is 0.230. The number of aryl methyl sites for hydroxylation is 1. The molecule has 1 N–H and O–H groups in total. The third-order valence-electron chi connectivity index (χ3n) is 5.86. The topological polar surface area (TPSA) is 105 Å². The maximum Gasteiger partial charge on any atom is 0.325 e. The number of para-hydroxylation sites is 1. The first kappa shape index (κ1) is 25.2. The second-order valence-corrected chi connectivity index (χ2v) is 8.86. The number of carbonyl (C=O) groups is 3. The number of fused-ring (bicyclic) bond motifs is 1. The molecule has 1 aliphatic heterocycles. The van der Waals surface area contributed by atoms with E-state index in [1.54, 1.807) is 48.0 Å². The van der Waals surface area contributed by atoms with Crippen LogP contribution in [0.15, 0.2) is 53.1 Å². The predicted octanol–water partition coefficient (Wildman–Crippen LogP) is 4.43. The van der Waals surface area contributed by atoms with Crippen LogP contribution in [-0.2, 0) is 16.1 Å². The van der Waals surface area contributed by atoms with E-state index in [2.05, 4.69) is 10.3 Å². The lowest BCUT2D eigenvalue weighted by atomic mass is 10.1. The van der Waals surface area contributed by atoms with Crippen molar-refractivity contribution in [1.82, 2.24) is 15.2 Å². The highest BCUT2D eigenvalue weighted by atomic mass is 35.5. The third kappa shape index (κ3) is 5.36. The second-order valence-electron chi connectivity index (χ2n) is 8.46. The van der Waals surface area contributed by atoms with E-state index in [-0.39, 0.29) is 43.2 Å². The van der Waals surface area contributed by atoms with Crippen LogP contribution < -0.4 is 10.2 Å². The van der Waals surface area contributed by atoms with E-state index in [1.165, 1.54) is 0 Å². The Kier molecular flexibility index (Phi) is 7.59. The van der Waals surface area contributed by atoms with Crippen LogP contribution in [0.5, 0.6) is 0 Å². The van der Waals surface area contributed by atoms with Gasteiger partial charge >= 0.3 is 12.0 Å². The largest absolute Gasteiger partial charge is 0.465 e. The lowest BCUT2D eigenvalue weighted by Crippen LogP contribution is -2.49. The normalized spacial score (nSPS) is 15.2. The van der Waals surface area contributed by atoms with Crippen molar-refractivity contribution in [1.29, 1.82) is 0 Å². The van der Waals surface area contributed by atoms with E-state index in [0.29, 0.717) is 28.5 Å². The molecule has 0 saturated carbocycles. The summed E-state index contributed by atoms with van der Waals surface area (Å²) in [5.41, 5.74) is 2.48. The molecule has 0 fully saturated rings. The van der Waals surface area contributed by atoms with Gasteiger partial charge in [-0.1, -0.05) is 29.8 Å². The second kappa shape index (κ2) is 10.8. The summed E-state index contributed by atoms with van der Waals surface area (Å²) in [5, 5.41) is 2.88. The Hall–Kier alpha value is -3.85. The van der Waals surface area contributed by atoms with Crippen LogP contribution in [0.1, 0.15) is 35.5 Å². The molecule has 9 nitrogen and oxygen atoms in total. The molecule has 3 aromatic rings. The zero-order valence-electron chi connectivity index (χ0n) is 20.3. The van der Waals surface area contributed by atoms with Gasteiger partial charge in [-0.05, 0) is 50.6 Å². The maximum absolute atomic E-state index is 13.7. The standard InChI is InChI=1S/C26H27ClN4O5/c1-4-35-23(32)13-29-26(34)30-15-19-7-5-6-8-22(19)31(14-16(30)2)25(33)20-10-9-18(11-21(20)27)24-28-12-17(3)36-24/h5-12,16H,4,13-15H2,1-3H3,(H,29,34)/t16-/m1/s1. The van der Waals surface area contributed by atoms with E-state index in [1.807, 2.05) is 31.2 Å². The minimum Gasteiger partial charge on any atom is -0.465 e. The van der Waals surface area contributed by atoms with Gasteiger partial charge in [0.2, 0.25) is 5.89 Å². The van der Waals surface area contributed by atoms with E-state index >= 15 is 0 Å². The highest BCUT2D eigenvalue weighted by Crippen LogP contribution is 2.31. The molecule has 3 amide bonds. The first-order valence-corrected chi connectivity index (χ1v) is 12.0. The molecular formula is C26H27ClN4O5. The van der Waals surface area contributed by atoms with Crippen LogP contribution in [0.2, 0.25) is 5.02 Å². The predicted molar refractivity (Wildman–Crippen MR) is 135 cm³/mol. The van der Waals surface area contributed by atoms with E-state index in [4.69, 9.17) is 20.8 Å². The van der Waals surface area contributed by atoms with Crippen LogP contribution in [0, 0.1) is 6.92 Å². The van der Waals surface area contributed by atoms with Crippen molar-refractivity contribution in [2.24, 2.45) is 0 Å². The number of carbonyl (C=O) groups excluding carboxylic acids is 3. The summed E-state index contributed by atoms with van der Waals surface area (Å²) in [5.74, 6) is 0.297. The SMILES string of the molecule is CCOC(=O)CNC(=O)N1Cc2ccccc2N(C(=O)c2ccc(-c3ncc(C)o3)cc2Cl)C[C@H]1C. The molecule has 188 valence electrons. The molecule has 36 heavy (non-hydrogen) atoms. The number of hydrogen-bond acceptors (Lipinski definition) is 6. The van der Waals surface area contributed by atoms with Crippen molar-refractivity contribution in [3.05, 3.63) is 70.6 Å². The van der Waals surface area contributed by atoms with Gasteiger partial charge in [0.05, 0.1) is 23.4 Å². The Bertz CT molecular complexity index is 1290. The van der Waals surface area contributed by atoms with Crippen LogP contribution in [0.3, 0.4) is 0 Å². The number of nitrogens with one attached hydrogen (secondary N) is 1. The van der Waals surface area contributed by atoms with Gasteiger partial charge in [0.25, 0.3) is 5.91 Å². The molecule has 0 unspecified atom stereocenters. The smallest absolute Gasteiger partial charge is 0.325 e. The van der Waals surface area contributed by atoms with Crippen LogP contribution in [0.25, 0.3) is 11.5 Å². The Labute approximate surface area is 214 Å². The summed E-state index contributed by atoms with van der Waals surface area (Å²) in [6, 6.07) is 11.7. The fraction of sp³-hybridized carbons (Fsp3) is 0.308. The fourth-order valence-corrected chi connectivity index (χ4v) is 4.35. The van der Waals surface area contributed by atoms with Crippen molar-refractivity contribution >= 4 is 35.2 Å². The number of amides is 3. The van der Waals surface area contributed by atoms with Crippen molar-refractivity contribution in [2.75, 3.05) is 24.6 Å². The molecular weight excluding hydrogens is 484 g/mol. The highest BCUT2D eigenvalue weighted by Gasteiger charge is 2.32. The van der Waals surface area contributed by atoms with Crippen molar-refractivity contribution in [2.45, 2.75) is 33.4 Å². The van der Waals surface area contributed by atoms with Gasteiger partial charge in [0, 0.05) is 30.4 Å². The summed E-state index contributed by atoms with van der Waals surface area (Å²) in [4.78, 5) is 45.8. The van der Waals surface area contributed by atoms with E-state index in [9.17, 15) is 14.4 Å². The van der Waals surface area contributed by atoms with Gasteiger partial charge in [-0.15, -0.1) is 0 Å². The molecule has 1 aromatic heterocycles. The zero-order valence-corrected chi connectivity index (χ0v) is 21.0. The third-order valence-corrected chi connectivity index (χ3v) is 6.18. The number of rotatable bonds is 5. The Morgan fingerprint density at radius 2 is 2.00 bits per heavy atom. The van der Waals surface area contributed by atoms with Crippen molar-refractivity contribution in [3.63, 3.8) is 0 Å². The number of ether oxygens (including phenoxy) is 1. The molecule has 2 aromatic carbocycles. The van der Waals surface area contributed by atoms with Crippen molar-refractivity contribution < 1.29 is 23.5 Å². The lowest BCUT2D eigenvalue weighted by molar-refractivity contribution is -0.141. The van der Waals surface area contributed by atoms with E-state index < -0.39 is 12.0 Å². The van der Waals surface area contributed by atoms with Crippen LogP contribution in [-0.4, -0.2) is 53.5 Å². The number of halogens is 1. The van der Waals surface area contributed by atoms with Gasteiger partial charge in [0.1, 0.15) is 12.3 Å². The summed E-state index contributed by atoms with van der Waals surface area (Å²) in [6.07, 6.45) is 1.62. The van der Waals surface area contributed by atoms with Gasteiger partial charge in [0.15, 0.2) is 0 Å². The Morgan fingerprint density at radius 1 is 1.22 bits per heavy atom. The van der Waals surface area contributed by atoms with Gasteiger partial charge in [-0.2, -0.15) is 0 Å². The summed E-state index contributed by atoms with van der Waals surface area (Å²) < 4.78 is 10.4. The summed E-state index contributed by atoms with van der Waals surface area (Å²) in [7, 11) is 0. The molecule has 0 aliphatic carbocycles. The molecule has 4 rings (SSSR count). The number of hydrogen-bond donors (Lipinski definition) is 1. The number of anilines is 1. The minimum atomic E-state index is -0.511. The lowest BCUT2D eigenvalue weighted by Gasteiger charge is -2.29. The zero-order chi connectivity index (χ0) is 25.8. The van der Waals surface area contributed by atoms with Crippen LogP contribution >= 0.6 is 11.6 Å². The number of oxazole rings is 1. The highest BCUT2D eigenvalue weighted by molar-refractivity contribution is 6.34. The monoisotopic (exact) mass is 510 g/mol. The van der Waals surface area contributed by atoms with Crippen LogP contribution in [0.4, 0.5) is 10.5 Å². The summed E-state index contributed by atoms with van der Waals surface area (Å²) >= 11 is 6.54. The quantitative estimate of drug-likeness (QED) is 0.509. The maximum atomic E-state index is 13.7. The summed E-state index contributed by atoms with van der Waals surface area (Å²) in [6.45, 7) is 5.87. The number of nitrogens with zero attached hydrogens (tertiary/aromatic N) is 3. The molecule has 0 bridgehead atoms. The van der Waals surface area contributed by atoms with E-state index in [0.717, 1.165) is 5.56 Å². The van der Waals surface area contributed by atoms with Gasteiger partial charge in [-0.3, -0.25) is 9.59 Å². The fourth-order valence-electron chi connectivity index (χ4n) is 4.09. The number of urea groups is 1. The molecule has 2 heterocycles. The van der Waals surface area contributed by atoms with Gasteiger partial charge < -0.3 is 24.3 Å². The molecule has 0 saturated heterocycles. The molecule has 0 radical (unpaired) electrons. The molecule has 10 heteroatoms. The average molecular weight is 511 g/mol. The number of benzene rings is 2. The van der Waals surface area contributed by atoms with Gasteiger partial charge in [-0.25, -0.2) is 9.78 Å². The number of aromatic nitrogens is 1. The Balaban J connectivity index is 1.59. The number of esters is 1. The average Bonchev–Trinajstić information content (AvgIpc) is 3.24. The molecule has 1 aliphatic rings.